The van der Waals surface area contributed by atoms with Crippen LogP contribution < -0.4 is 4.74 Å². The summed E-state index contributed by atoms with van der Waals surface area (Å²) in [5.74, 6) is -8.06. The molecule has 0 spiro atoms. The van der Waals surface area contributed by atoms with E-state index in [0.717, 1.165) is 24.5 Å². The van der Waals surface area contributed by atoms with Gasteiger partial charge in [0.05, 0.1) is 5.56 Å². The van der Waals surface area contributed by atoms with E-state index in [4.69, 9.17) is 0 Å². The zero-order valence-corrected chi connectivity index (χ0v) is 20.5. The summed E-state index contributed by atoms with van der Waals surface area (Å²) < 4.78 is 103. The third kappa shape index (κ3) is 5.54. The summed E-state index contributed by atoms with van der Waals surface area (Å²) in [6.45, 7) is 4.24. The molecule has 1 nitrogen and oxygen atoms in total. The number of ether oxygens (including phenoxy) is 1. The number of benzene rings is 4. The van der Waals surface area contributed by atoms with Gasteiger partial charge in [-0.3, -0.25) is 0 Å². The Morgan fingerprint density at radius 1 is 0.632 bits per heavy atom. The van der Waals surface area contributed by atoms with Crippen LogP contribution in [0.25, 0.3) is 22.3 Å². The molecule has 0 unspecified atom stereocenters. The maximum Gasteiger partial charge on any atom is 0.429 e. The Labute approximate surface area is 215 Å². The zero-order valence-electron chi connectivity index (χ0n) is 20.5. The maximum atomic E-state index is 15.0. The van der Waals surface area contributed by atoms with Crippen LogP contribution in [0.4, 0.5) is 30.7 Å². The van der Waals surface area contributed by atoms with Gasteiger partial charge in [0, 0.05) is 17.7 Å². The Balaban J connectivity index is 1.58. The van der Waals surface area contributed by atoms with Gasteiger partial charge in [-0.15, -0.1) is 0 Å². The molecule has 0 aromatic heterocycles. The normalized spacial score (nSPS) is 11.7. The molecule has 4 aromatic carbocycles. The Hall–Kier alpha value is -3.81. The average Bonchev–Trinajstić information content (AvgIpc) is 2.88. The molecule has 0 bridgehead atoms. The molecule has 0 fully saturated rings. The molecule has 0 aliphatic rings. The first kappa shape index (κ1) is 27.2. The smallest absolute Gasteiger partial charge is 0.429 e. The van der Waals surface area contributed by atoms with Crippen LogP contribution in [0.15, 0.2) is 72.8 Å². The van der Waals surface area contributed by atoms with E-state index in [0.29, 0.717) is 23.6 Å². The van der Waals surface area contributed by atoms with Crippen LogP contribution >= 0.6 is 0 Å². The summed E-state index contributed by atoms with van der Waals surface area (Å²) in [4.78, 5) is 0. The zero-order chi connectivity index (χ0) is 27.6. The lowest BCUT2D eigenvalue weighted by molar-refractivity contribution is -0.187. The highest BCUT2D eigenvalue weighted by Crippen LogP contribution is 2.37. The molecule has 0 saturated heterocycles. The standard InChI is InChI=1S/C30H23F7O/c1-3-17(4-2)18-5-7-19(8-6-18)20-9-11-23(25(31)13-20)21-10-12-24(26(32)14-21)30(36,37)38-22-15-27(33)29(35)28(34)16-22/h5-17H,3-4H2,1-2H3. The van der Waals surface area contributed by atoms with Crippen molar-refractivity contribution in [3.8, 4) is 28.0 Å². The van der Waals surface area contributed by atoms with Gasteiger partial charge in [-0.1, -0.05) is 56.3 Å². The second kappa shape index (κ2) is 10.9. The van der Waals surface area contributed by atoms with Gasteiger partial charge in [-0.2, -0.15) is 8.78 Å². The fraction of sp³-hybridized carbons (Fsp3) is 0.200. The highest BCUT2D eigenvalue weighted by Gasteiger charge is 2.38. The van der Waals surface area contributed by atoms with E-state index in [1.807, 2.05) is 24.3 Å². The van der Waals surface area contributed by atoms with E-state index in [1.54, 1.807) is 6.07 Å². The van der Waals surface area contributed by atoms with Gasteiger partial charge in [0.1, 0.15) is 17.4 Å². The lowest BCUT2D eigenvalue weighted by Crippen LogP contribution is -2.23. The van der Waals surface area contributed by atoms with E-state index in [1.165, 1.54) is 17.7 Å². The number of hydrogen-bond donors (Lipinski definition) is 0. The number of hydrogen-bond acceptors (Lipinski definition) is 1. The number of rotatable bonds is 8. The molecular formula is C30H23F7O. The second-order valence-corrected chi connectivity index (χ2v) is 8.84. The van der Waals surface area contributed by atoms with Crippen LogP contribution in [0.2, 0.25) is 0 Å². The van der Waals surface area contributed by atoms with E-state index in [9.17, 15) is 26.3 Å². The molecule has 4 aromatic rings. The third-order valence-electron chi connectivity index (χ3n) is 6.47. The number of halogens is 7. The Kier molecular flexibility index (Phi) is 7.81. The minimum absolute atomic E-state index is 0.00551. The fourth-order valence-electron chi connectivity index (χ4n) is 4.35. The van der Waals surface area contributed by atoms with Crippen molar-refractivity contribution in [1.29, 1.82) is 0 Å². The number of alkyl halides is 2. The molecule has 0 saturated carbocycles. The molecule has 198 valence electrons. The van der Waals surface area contributed by atoms with E-state index in [2.05, 4.69) is 18.6 Å². The van der Waals surface area contributed by atoms with Gasteiger partial charge in [0.15, 0.2) is 17.5 Å². The van der Waals surface area contributed by atoms with Crippen LogP contribution in [-0.4, -0.2) is 0 Å². The molecular weight excluding hydrogens is 509 g/mol. The minimum atomic E-state index is -4.36. The molecule has 0 aliphatic heterocycles. The Morgan fingerprint density at radius 3 is 1.74 bits per heavy atom. The molecule has 0 amide bonds. The predicted octanol–water partition coefficient (Wildman–Crippen LogP) is 9.75. The first-order valence-electron chi connectivity index (χ1n) is 12.0. The topological polar surface area (TPSA) is 9.23 Å². The Morgan fingerprint density at radius 2 is 1.18 bits per heavy atom. The van der Waals surface area contributed by atoms with Gasteiger partial charge in [0.25, 0.3) is 0 Å². The highest BCUT2D eigenvalue weighted by molar-refractivity contribution is 5.71. The van der Waals surface area contributed by atoms with Crippen molar-refractivity contribution < 1.29 is 35.5 Å². The van der Waals surface area contributed by atoms with Gasteiger partial charge < -0.3 is 4.74 Å². The summed E-state index contributed by atoms with van der Waals surface area (Å²) in [5.41, 5.74) is 1.31. The van der Waals surface area contributed by atoms with Crippen molar-refractivity contribution in [1.82, 2.24) is 0 Å². The highest BCUT2D eigenvalue weighted by atomic mass is 19.3. The van der Waals surface area contributed by atoms with Crippen LogP contribution in [0.3, 0.4) is 0 Å². The quantitative estimate of drug-likeness (QED) is 0.162. The summed E-state index contributed by atoms with van der Waals surface area (Å²) in [6, 6.07) is 15.1. The third-order valence-corrected chi connectivity index (χ3v) is 6.47. The SMILES string of the molecule is CCC(CC)c1ccc(-c2ccc(-c3ccc(C(F)(F)Oc4cc(F)c(F)c(F)c4)c(F)c3)c(F)c2)cc1. The molecule has 38 heavy (non-hydrogen) atoms. The van der Waals surface area contributed by atoms with E-state index >= 15 is 4.39 Å². The molecule has 0 aliphatic carbocycles. The van der Waals surface area contributed by atoms with Gasteiger partial charge in [0.2, 0.25) is 0 Å². The van der Waals surface area contributed by atoms with Gasteiger partial charge in [-0.25, -0.2) is 22.0 Å². The van der Waals surface area contributed by atoms with Crippen LogP contribution in [0, 0.1) is 29.1 Å². The molecule has 8 heteroatoms. The van der Waals surface area contributed by atoms with Crippen molar-refractivity contribution in [2.75, 3.05) is 0 Å². The molecule has 0 atom stereocenters. The van der Waals surface area contributed by atoms with Crippen molar-refractivity contribution in [2.45, 2.75) is 38.7 Å². The summed E-state index contributed by atoms with van der Waals surface area (Å²) in [6.07, 6.45) is -2.34. The summed E-state index contributed by atoms with van der Waals surface area (Å²) in [5, 5.41) is 0. The summed E-state index contributed by atoms with van der Waals surface area (Å²) in [7, 11) is 0. The molecule has 0 radical (unpaired) electrons. The first-order chi connectivity index (χ1) is 18.0. The fourth-order valence-corrected chi connectivity index (χ4v) is 4.35. The van der Waals surface area contributed by atoms with Crippen molar-refractivity contribution in [2.24, 2.45) is 0 Å². The second-order valence-electron chi connectivity index (χ2n) is 8.84. The molecule has 4 rings (SSSR count). The van der Waals surface area contributed by atoms with E-state index in [-0.39, 0.29) is 23.3 Å². The lowest BCUT2D eigenvalue weighted by Gasteiger charge is -2.19. The first-order valence-corrected chi connectivity index (χ1v) is 12.0. The Bertz CT molecular complexity index is 1420. The van der Waals surface area contributed by atoms with E-state index < -0.39 is 46.5 Å². The lowest BCUT2D eigenvalue weighted by atomic mass is 9.92. The maximum absolute atomic E-state index is 15.0. The molecule has 0 heterocycles. The van der Waals surface area contributed by atoms with Crippen LogP contribution in [0.1, 0.15) is 43.7 Å². The molecule has 0 N–H and O–H groups in total. The monoisotopic (exact) mass is 532 g/mol. The largest absolute Gasteiger partial charge is 0.429 e. The van der Waals surface area contributed by atoms with Crippen LogP contribution in [-0.2, 0) is 6.11 Å². The van der Waals surface area contributed by atoms with Crippen molar-refractivity contribution in [3.63, 3.8) is 0 Å². The summed E-state index contributed by atoms with van der Waals surface area (Å²) >= 11 is 0. The van der Waals surface area contributed by atoms with Crippen LogP contribution in [0.5, 0.6) is 5.75 Å². The predicted molar refractivity (Wildman–Crippen MR) is 131 cm³/mol. The van der Waals surface area contributed by atoms with Gasteiger partial charge >= 0.3 is 6.11 Å². The minimum Gasteiger partial charge on any atom is -0.429 e. The van der Waals surface area contributed by atoms with Crippen molar-refractivity contribution >= 4 is 0 Å². The van der Waals surface area contributed by atoms with Gasteiger partial charge in [-0.05, 0) is 59.2 Å². The van der Waals surface area contributed by atoms with Crippen molar-refractivity contribution in [3.05, 3.63) is 113 Å². The average molecular weight is 532 g/mol.